The molecule has 0 unspecified atom stereocenters. The molecule has 5 rings (SSSR count). The Bertz CT molecular complexity index is 1090. The third-order valence-corrected chi connectivity index (χ3v) is 4.86. The Morgan fingerprint density at radius 1 is 0.885 bits per heavy atom. The number of anilines is 2. The maximum absolute atomic E-state index is 6.20. The van der Waals surface area contributed by atoms with E-state index in [1.54, 1.807) is 6.33 Å². The number of hydrogen-bond donors (Lipinski definition) is 1. The number of nitrogens with two attached hydrogens (primary N) is 1. The Morgan fingerprint density at radius 2 is 1.65 bits per heavy atom. The van der Waals surface area contributed by atoms with Crippen molar-refractivity contribution in [2.75, 3.05) is 17.2 Å². The topological polar surface area (TPSA) is 72.9 Å². The first-order chi connectivity index (χ1) is 12.8. The lowest BCUT2D eigenvalue weighted by Gasteiger charge is -2.28. The van der Waals surface area contributed by atoms with Crippen LogP contribution in [0.25, 0.3) is 16.9 Å². The molecule has 0 saturated carbocycles. The number of nitrogen functional groups attached to an aromatic ring is 1. The largest absolute Gasteiger partial charge is 0.382 e. The SMILES string of the molecule is Nc1nc(N2CCc3ccccc3C2)nc2c1ncn2-c1ccccc1. The highest BCUT2D eigenvalue weighted by Crippen LogP contribution is 2.26. The number of hydrogen-bond acceptors (Lipinski definition) is 5. The smallest absolute Gasteiger partial charge is 0.229 e. The van der Waals surface area contributed by atoms with Crippen LogP contribution in [0.1, 0.15) is 11.1 Å². The zero-order valence-corrected chi connectivity index (χ0v) is 14.2. The van der Waals surface area contributed by atoms with Gasteiger partial charge in [0.15, 0.2) is 17.0 Å². The predicted octanol–water partition coefficient (Wildman–Crippen LogP) is 2.96. The molecule has 6 nitrogen and oxygen atoms in total. The van der Waals surface area contributed by atoms with Crippen molar-refractivity contribution in [3.63, 3.8) is 0 Å². The Balaban J connectivity index is 1.59. The third-order valence-electron chi connectivity index (χ3n) is 4.86. The summed E-state index contributed by atoms with van der Waals surface area (Å²) >= 11 is 0. The fraction of sp³-hybridized carbons (Fsp3) is 0.150. The van der Waals surface area contributed by atoms with Gasteiger partial charge in [0.1, 0.15) is 6.33 Å². The van der Waals surface area contributed by atoms with Gasteiger partial charge in [0.25, 0.3) is 0 Å². The lowest BCUT2D eigenvalue weighted by Crippen LogP contribution is -2.32. The Hall–Kier alpha value is -3.41. The van der Waals surface area contributed by atoms with Crippen molar-refractivity contribution in [3.05, 3.63) is 72.1 Å². The van der Waals surface area contributed by atoms with Gasteiger partial charge in [-0.3, -0.25) is 4.57 Å². The van der Waals surface area contributed by atoms with E-state index in [9.17, 15) is 0 Å². The fourth-order valence-electron chi connectivity index (χ4n) is 3.50. The first-order valence-corrected chi connectivity index (χ1v) is 8.67. The number of benzene rings is 2. The Labute approximate surface area is 150 Å². The number of imidazole rings is 1. The molecule has 2 aromatic carbocycles. The van der Waals surface area contributed by atoms with Gasteiger partial charge in [0.2, 0.25) is 5.95 Å². The number of para-hydroxylation sites is 1. The average Bonchev–Trinajstić information content (AvgIpc) is 3.13. The molecule has 2 aromatic heterocycles. The molecule has 26 heavy (non-hydrogen) atoms. The number of aromatic nitrogens is 4. The van der Waals surface area contributed by atoms with Gasteiger partial charge < -0.3 is 10.6 Å². The molecule has 128 valence electrons. The summed E-state index contributed by atoms with van der Waals surface area (Å²) in [7, 11) is 0. The first-order valence-electron chi connectivity index (χ1n) is 8.67. The molecule has 6 heteroatoms. The van der Waals surface area contributed by atoms with Crippen LogP contribution >= 0.6 is 0 Å². The minimum Gasteiger partial charge on any atom is -0.382 e. The van der Waals surface area contributed by atoms with Gasteiger partial charge in [-0.1, -0.05) is 42.5 Å². The Kier molecular flexibility index (Phi) is 3.35. The van der Waals surface area contributed by atoms with Gasteiger partial charge in [-0.15, -0.1) is 0 Å². The lowest BCUT2D eigenvalue weighted by atomic mass is 10.0. The van der Waals surface area contributed by atoms with Crippen LogP contribution in [0, 0.1) is 0 Å². The molecular weight excluding hydrogens is 324 g/mol. The van der Waals surface area contributed by atoms with E-state index in [0.717, 1.165) is 30.8 Å². The second-order valence-corrected chi connectivity index (χ2v) is 6.47. The van der Waals surface area contributed by atoms with Crippen molar-refractivity contribution in [1.82, 2.24) is 19.5 Å². The summed E-state index contributed by atoms with van der Waals surface area (Å²) in [6.45, 7) is 1.67. The predicted molar refractivity (Wildman–Crippen MR) is 102 cm³/mol. The first kappa shape index (κ1) is 14.9. The third kappa shape index (κ3) is 2.38. The van der Waals surface area contributed by atoms with E-state index >= 15 is 0 Å². The molecule has 0 bridgehead atoms. The van der Waals surface area contributed by atoms with Crippen LogP contribution in [0.2, 0.25) is 0 Å². The van der Waals surface area contributed by atoms with Gasteiger partial charge in [-0.2, -0.15) is 9.97 Å². The van der Waals surface area contributed by atoms with Crippen molar-refractivity contribution < 1.29 is 0 Å². The maximum atomic E-state index is 6.20. The van der Waals surface area contributed by atoms with E-state index in [4.69, 9.17) is 10.7 Å². The van der Waals surface area contributed by atoms with Gasteiger partial charge >= 0.3 is 0 Å². The minimum atomic E-state index is 0.415. The molecule has 1 aliphatic rings. The summed E-state index contributed by atoms with van der Waals surface area (Å²) in [5.74, 6) is 1.07. The van der Waals surface area contributed by atoms with Crippen LogP contribution in [0.15, 0.2) is 60.9 Å². The summed E-state index contributed by atoms with van der Waals surface area (Å²) in [6, 6.07) is 18.5. The molecular formula is C20H18N6. The number of rotatable bonds is 2. The molecule has 0 spiro atoms. The molecule has 0 radical (unpaired) electrons. The molecule has 3 heterocycles. The second kappa shape index (κ2) is 5.84. The lowest BCUT2D eigenvalue weighted by molar-refractivity contribution is 0.710. The van der Waals surface area contributed by atoms with Gasteiger partial charge in [-0.05, 0) is 29.7 Å². The molecule has 0 amide bonds. The summed E-state index contributed by atoms with van der Waals surface area (Å²) in [5, 5.41) is 0. The van der Waals surface area contributed by atoms with Crippen LogP contribution in [0.4, 0.5) is 11.8 Å². The summed E-state index contributed by atoms with van der Waals surface area (Å²) in [5.41, 5.74) is 11.3. The highest BCUT2D eigenvalue weighted by Gasteiger charge is 2.21. The Morgan fingerprint density at radius 3 is 2.50 bits per heavy atom. The highest BCUT2D eigenvalue weighted by molar-refractivity contribution is 5.84. The number of fused-ring (bicyclic) bond motifs is 2. The van der Waals surface area contributed by atoms with Gasteiger partial charge in [-0.25, -0.2) is 4.98 Å². The fourth-order valence-corrected chi connectivity index (χ4v) is 3.50. The van der Waals surface area contributed by atoms with Crippen LogP contribution < -0.4 is 10.6 Å². The molecule has 0 atom stereocenters. The number of nitrogens with zero attached hydrogens (tertiary/aromatic N) is 5. The quantitative estimate of drug-likeness (QED) is 0.606. The molecule has 4 aromatic rings. The van der Waals surface area contributed by atoms with Crippen molar-refractivity contribution in [3.8, 4) is 5.69 Å². The van der Waals surface area contributed by atoms with Crippen LogP contribution in [-0.2, 0) is 13.0 Å². The van der Waals surface area contributed by atoms with E-state index in [1.807, 2.05) is 34.9 Å². The molecule has 0 saturated heterocycles. The summed E-state index contributed by atoms with van der Waals surface area (Å²) < 4.78 is 1.95. The van der Waals surface area contributed by atoms with Crippen LogP contribution in [0.5, 0.6) is 0 Å². The summed E-state index contributed by atoms with van der Waals surface area (Å²) in [4.78, 5) is 15.9. The minimum absolute atomic E-state index is 0.415. The van der Waals surface area contributed by atoms with Crippen molar-refractivity contribution in [2.24, 2.45) is 0 Å². The van der Waals surface area contributed by atoms with E-state index < -0.39 is 0 Å². The molecule has 1 aliphatic heterocycles. The zero-order chi connectivity index (χ0) is 17.5. The van der Waals surface area contributed by atoms with E-state index in [0.29, 0.717) is 17.3 Å². The molecule has 0 aliphatic carbocycles. The van der Waals surface area contributed by atoms with Gasteiger partial charge in [0, 0.05) is 18.8 Å². The van der Waals surface area contributed by atoms with Crippen molar-refractivity contribution in [2.45, 2.75) is 13.0 Å². The van der Waals surface area contributed by atoms with Gasteiger partial charge in [0.05, 0.1) is 0 Å². The van der Waals surface area contributed by atoms with Crippen molar-refractivity contribution in [1.29, 1.82) is 0 Å². The average molecular weight is 342 g/mol. The second-order valence-electron chi connectivity index (χ2n) is 6.47. The van der Waals surface area contributed by atoms with Crippen molar-refractivity contribution >= 4 is 22.9 Å². The normalized spacial score (nSPS) is 13.8. The monoisotopic (exact) mass is 342 g/mol. The molecule has 0 fully saturated rings. The molecule has 2 N–H and O–H groups in total. The van der Waals surface area contributed by atoms with E-state index in [1.165, 1.54) is 11.1 Å². The van der Waals surface area contributed by atoms with Crippen LogP contribution in [-0.4, -0.2) is 26.1 Å². The highest BCUT2D eigenvalue weighted by atomic mass is 15.3. The van der Waals surface area contributed by atoms with E-state index in [2.05, 4.69) is 39.1 Å². The van der Waals surface area contributed by atoms with Crippen LogP contribution in [0.3, 0.4) is 0 Å². The summed E-state index contributed by atoms with van der Waals surface area (Å²) in [6.07, 6.45) is 2.73. The maximum Gasteiger partial charge on any atom is 0.229 e. The zero-order valence-electron chi connectivity index (χ0n) is 14.2. The van der Waals surface area contributed by atoms with E-state index in [-0.39, 0.29) is 0 Å². The standard InChI is InChI=1S/C20H18N6/c21-18-17-19(26(13-22-17)16-8-2-1-3-9-16)24-20(23-18)25-11-10-14-6-4-5-7-15(14)12-25/h1-9,13H,10-12H2,(H2,21,23,24).